The maximum atomic E-state index is 13.8. The number of aryl methyl sites for hydroxylation is 2. The maximum Gasteiger partial charge on any atom is 0.294 e. The second-order valence-corrected chi connectivity index (χ2v) is 9.84. The third kappa shape index (κ3) is 6.00. The predicted molar refractivity (Wildman–Crippen MR) is 158 cm³/mol. The molecule has 1 aliphatic rings. The fourth-order valence-electron chi connectivity index (χ4n) is 4.68. The summed E-state index contributed by atoms with van der Waals surface area (Å²) in [5.74, 6) is 0.931. The minimum Gasteiger partial charge on any atom is -0.493 e. The number of anilines is 4. The molecular formula is C31H34N6O3. The van der Waals surface area contributed by atoms with E-state index in [1.165, 1.54) is 23.1 Å². The Hall–Kier alpha value is -4.63. The van der Waals surface area contributed by atoms with E-state index in [0.29, 0.717) is 23.1 Å². The summed E-state index contributed by atoms with van der Waals surface area (Å²) in [5.41, 5.74) is 4.79. The van der Waals surface area contributed by atoms with E-state index in [1.807, 2.05) is 56.3 Å². The summed E-state index contributed by atoms with van der Waals surface area (Å²) >= 11 is 0. The minimum absolute atomic E-state index is 0.286. The molecule has 1 N–H and O–H groups in total. The van der Waals surface area contributed by atoms with E-state index in [-0.39, 0.29) is 5.56 Å². The van der Waals surface area contributed by atoms with Crippen molar-refractivity contribution >= 4 is 28.9 Å². The number of ether oxygens (including phenoxy) is 1. The first-order chi connectivity index (χ1) is 19.4. The van der Waals surface area contributed by atoms with Gasteiger partial charge in [-0.2, -0.15) is 0 Å². The van der Waals surface area contributed by atoms with E-state index in [4.69, 9.17) is 9.57 Å². The van der Waals surface area contributed by atoms with Crippen molar-refractivity contribution in [1.29, 1.82) is 0 Å². The first kappa shape index (κ1) is 27.0. The minimum atomic E-state index is -0.397. The molecule has 0 spiro atoms. The van der Waals surface area contributed by atoms with Crippen LogP contribution in [0, 0.1) is 13.8 Å². The number of carbonyl (C=O) groups excluding carboxylic acids is 1. The van der Waals surface area contributed by atoms with Gasteiger partial charge in [-0.05, 0) is 68.4 Å². The lowest BCUT2D eigenvalue weighted by molar-refractivity contribution is 0.0875. The Morgan fingerprint density at radius 3 is 2.10 bits per heavy atom. The van der Waals surface area contributed by atoms with Gasteiger partial charge in [0.05, 0.1) is 18.4 Å². The number of benzene rings is 3. The van der Waals surface area contributed by atoms with E-state index in [2.05, 4.69) is 44.3 Å². The Labute approximate surface area is 234 Å². The third-order valence-corrected chi connectivity index (χ3v) is 6.98. The van der Waals surface area contributed by atoms with E-state index >= 15 is 0 Å². The molecular weight excluding hydrogens is 504 g/mol. The summed E-state index contributed by atoms with van der Waals surface area (Å²) in [7, 11) is 3.71. The molecule has 40 heavy (non-hydrogen) atoms. The molecule has 0 unspecified atom stereocenters. The number of aromatic nitrogens is 2. The van der Waals surface area contributed by atoms with Gasteiger partial charge in [0, 0.05) is 49.9 Å². The summed E-state index contributed by atoms with van der Waals surface area (Å²) in [4.78, 5) is 33.5. The monoisotopic (exact) mass is 538 g/mol. The van der Waals surface area contributed by atoms with Crippen molar-refractivity contribution in [2.45, 2.75) is 13.8 Å². The lowest BCUT2D eigenvalue weighted by Crippen LogP contribution is -2.44. The van der Waals surface area contributed by atoms with Crippen molar-refractivity contribution in [3.05, 3.63) is 95.8 Å². The zero-order chi connectivity index (χ0) is 28.1. The molecule has 9 heteroatoms. The van der Waals surface area contributed by atoms with Gasteiger partial charge >= 0.3 is 0 Å². The molecule has 1 aromatic heterocycles. The van der Waals surface area contributed by atoms with Gasteiger partial charge in [0.2, 0.25) is 5.95 Å². The van der Waals surface area contributed by atoms with Crippen LogP contribution in [-0.2, 0) is 0 Å². The molecule has 2 heterocycles. The maximum absolute atomic E-state index is 13.8. The summed E-state index contributed by atoms with van der Waals surface area (Å²) in [6, 6.07) is 21.3. The van der Waals surface area contributed by atoms with Crippen molar-refractivity contribution in [2.24, 2.45) is 0 Å². The topological polar surface area (TPSA) is 83.1 Å². The molecule has 4 aromatic rings. The number of rotatable bonds is 8. The van der Waals surface area contributed by atoms with Crippen molar-refractivity contribution < 1.29 is 14.4 Å². The van der Waals surface area contributed by atoms with Crippen molar-refractivity contribution in [3.63, 3.8) is 0 Å². The number of nitrogens with one attached hydrogen (secondary N) is 1. The van der Waals surface area contributed by atoms with Gasteiger partial charge in [-0.3, -0.25) is 4.79 Å². The van der Waals surface area contributed by atoms with E-state index < -0.39 is 5.91 Å². The molecule has 1 fully saturated rings. The second kappa shape index (κ2) is 12.0. The summed E-state index contributed by atoms with van der Waals surface area (Å²) in [6.45, 7) is 8.02. The molecule has 1 aliphatic heterocycles. The van der Waals surface area contributed by atoms with Crippen LogP contribution in [0.3, 0.4) is 0 Å². The highest BCUT2D eigenvalue weighted by molar-refractivity contribution is 6.05. The standard InChI is InChI=1S/C31H34N6O3/c1-22-8-7-9-23(2)29(22)37(40-28-11-6-5-10-27(28)39-4)30(38)24-20-32-31(33-21-24)34-25-12-14-26(15-13-25)36-18-16-35(3)17-19-36/h5-15,20-21H,16-19H2,1-4H3,(H,32,33,34). The van der Waals surface area contributed by atoms with Gasteiger partial charge < -0.3 is 24.7 Å². The number of hydroxylamine groups is 1. The molecule has 1 saturated heterocycles. The van der Waals surface area contributed by atoms with Gasteiger partial charge in [0.25, 0.3) is 5.91 Å². The van der Waals surface area contributed by atoms with Crippen LogP contribution >= 0.6 is 0 Å². The van der Waals surface area contributed by atoms with Gasteiger partial charge in [0.15, 0.2) is 11.5 Å². The highest BCUT2D eigenvalue weighted by atomic mass is 16.7. The van der Waals surface area contributed by atoms with Crippen LogP contribution in [0.2, 0.25) is 0 Å². The Kier molecular flexibility index (Phi) is 8.12. The third-order valence-electron chi connectivity index (χ3n) is 6.98. The van der Waals surface area contributed by atoms with Crippen LogP contribution in [0.4, 0.5) is 23.0 Å². The molecule has 0 bridgehead atoms. The van der Waals surface area contributed by atoms with Gasteiger partial charge in [-0.25, -0.2) is 9.97 Å². The molecule has 206 valence electrons. The summed E-state index contributed by atoms with van der Waals surface area (Å²) in [5, 5.41) is 4.50. The quantitative estimate of drug-likeness (QED) is 0.305. The number of likely N-dealkylation sites (N-methyl/N-ethyl adjacent to an activating group) is 1. The van der Waals surface area contributed by atoms with Crippen LogP contribution in [0.15, 0.2) is 79.1 Å². The average Bonchev–Trinajstić information content (AvgIpc) is 2.98. The fourth-order valence-corrected chi connectivity index (χ4v) is 4.68. The van der Waals surface area contributed by atoms with Gasteiger partial charge in [-0.15, -0.1) is 5.06 Å². The second-order valence-electron chi connectivity index (χ2n) is 9.84. The molecule has 0 saturated carbocycles. The van der Waals surface area contributed by atoms with E-state index in [9.17, 15) is 4.79 Å². The van der Waals surface area contributed by atoms with Crippen LogP contribution in [0.25, 0.3) is 0 Å². The first-order valence-corrected chi connectivity index (χ1v) is 13.3. The van der Waals surface area contributed by atoms with E-state index in [0.717, 1.165) is 43.0 Å². The van der Waals surface area contributed by atoms with Gasteiger partial charge in [0.1, 0.15) is 0 Å². The SMILES string of the molecule is COc1ccccc1ON(C(=O)c1cnc(Nc2ccc(N3CCN(C)CC3)cc2)nc1)c1c(C)cccc1C. The predicted octanol–water partition coefficient (Wildman–Crippen LogP) is 5.24. The molecule has 9 nitrogen and oxygen atoms in total. The lowest BCUT2D eigenvalue weighted by Gasteiger charge is -2.34. The smallest absolute Gasteiger partial charge is 0.294 e. The van der Waals surface area contributed by atoms with Crippen molar-refractivity contribution in [1.82, 2.24) is 14.9 Å². The molecule has 3 aromatic carbocycles. The summed E-state index contributed by atoms with van der Waals surface area (Å²) < 4.78 is 5.45. The number of amides is 1. The molecule has 0 atom stereocenters. The number of methoxy groups -OCH3 is 1. The number of hydrogen-bond acceptors (Lipinski definition) is 8. The Bertz CT molecular complexity index is 1430. The number of carbonyl (C=O) groups is 1. The zero-order valence-electron chi connectivity index (χ0n) is 23.3. The lowest BCUT2D eigenvalue weighted by atomic mass is 10.1. The number of para-hydroxylation sites is 3. The highest BCUT2D eigenvalue weighted by Crippen LogP contribution is 2.32. The first-order valence-electron chi connectivity index (χ1n) is 13.3. The normalized spacial score (nSPS) is 13.6. The van der Waals surface area contributed by atoms with Crippen LogP contribution in [0.5, 0.6) is 11.5 Å². The van der Waals surface area contributed by atoms with Crippen LogP contribution in [-0.4, -0.2) is 61.1 Å². The highest BCUT2D eigenvalue weighted by Gasteiger charge is 2.25. The molecule has 1 amide bonds. The van der Waals surface area contributed by atoms with Crippen molar-refractivity contribution in [3.8, 4) is 11.5 Å². The zero-order valence-corrected chi connectivity index (χ0v) is 23.3. The van der Waals surface area contributed by atoms with Crippen LogP contribution < -0.4 is 24.9 Å². The Morgan fingerprint density at radius 1 is 0.850 bits per heavy atom. The van der Waals surface area contributed by atoms with Crippen molar-refractivity contribution in [2.75, 3.05) is 55.6 Å². The van der Waals surface area contributed by atoms with Gasteiger partial charge in [-0.1, -0.05) is 30.3 Å². The van der Waals surface area contributed by atoms with Crippen LogP contribution in [0.1, 0.15) is 21.5 Å². The molecule has 5 rings (SSSR count). The number of piperazine rings is 1. The fraction of sp³-hybridized carbons (Fsp3) is 0.258. The summed E-state index contributed by atoms with van der Waals surface area (Å²) in [6.07, 6.45) is 3.00. The Morgan fingerprint density at radius 2 is 1.48 bits per heavy atom. The average molecular weight is 539 g/mol. The largest absolute Gasteiger partial charge is 0.493 e. The Balaban J connectivity index is 1.34. The molecule has 0 radical (unpaired) electrons. The molecule has 0 aliphatic carbocycles. The number of hydrogen-bond donors (Lipinski definition) is 1. The van der Waals surface area contributed by atoms with E-state index in [1.54, 1.807) is 19.2 Å². The number of nitrogens with zero attached hydrogens (tertiary/aromatic N) is 5.